The fraction of sp³-hybridized carbons (Fsp3) is 0.588. The summed E-state index contributed by atoms with van der Waals surface area (Å²) in [6, 6.07) is 14.0. The molecular weight excluding hydrogens is 504 g/mol. The highest BCUT2D eigenvalue weighted by Crippen LogP contribution is 2.54. The van der Waals surface area contributed by atoms with Gasteiger partial charge in [-0.05, 0) is 37.7 Å². The molecule has 2 aromatic carbocycles. The molecule has 0 saturated carbocycles. The first-order chi connectivity index (χ1) is 19.4. The molecular formula is C34H48O6. The molecule has 2 unspecified atom stereocenters. The standard InChI is InChI=1S/C34H48O6/c1-6-11-13-17-23-37-31(35)39-33(9-4)27-19-15-16-20-28(27)34(10-5,30-25-26(8-3)21-22-29(30)33)40-32(36)38-24-18-14-12-7-2/h15-16,19-22,25H,6-14,17-18,23-24H2,1-5H3. The van der Waals surface area contributed by atoms with Crippen LogP contribution < -0.4 is 0 Å². The van der Waals surface area contributed by atoms with Crippen molar-refractivity contribution in [3.63, 3.8) is 0 Å². The number of carbonyl (C=O) groups is 2. The molecule has 1 aliphatic rings. The van der Waals surface area contributed by atoms with Gasteiger partial charge in [0.2, 0.25) is 0 Å². The molecule has 2 aromatic rings. The van der Waals surface area contributed by atoms with Crippen molar-refractivity contribution in [2.75, 3.05) is 13.2 Å². The largest absolute Gasteiger partial charge is 0.509 e. The van der Waals surface area contributed by atoms with Crippen molar-refractivity contribution in [3.05, 3.63) is 70.3 Å². The third-order valence-corrected chi connectivity index (χ3v) is 8.11. The third-order valence-electron chi connectivity index (χ3n) is 8.11. The van der Waals surface area contributed by atoms with Gasteiger partial charge >= 0.3 is 12.3 Å². The molecule has 3 rings (SSSR count). The molecule has 0 radical (unpaired) electrons. The molecule has 0 bridgehead atoms. The second-order valence-corrected chi connectivity index (χ2v) is 10.7. The summed E-state index contributed by atoms with van der Waals surface area (Å²) in [6.07, 6.45) is 8.53. The molecule has 6 nitrogen and oxygen atoms in total. The first-order valence-corrected chi connectivity index (χ1v) is 15.4. The third kappa shape index (κ3) is 6.82. The van der Waals surface area contributed by atoms with Crippen LogP contribution in [-0.4, -0.2) is 25.5 Å². The van der Waals surface area contributed by atoms with Crippen molar-refractivity contribution < 1.29 is 28.5 Å². The number of aryl methyl sites for hydroxylation is 1. The number of fused-ring (bicyclic) bond motifs is 2. The Morgan fingerprint density at radius 2 is 1.07 bits per heavy atom. The summed E-state index contributed by atoms with van der Waals surface area (Å²) in [4.78, 5) is 26.2. The summed E-state index contributed by atoms with van der Waals surface area (Å²) in [5.74, 6) is 0. The van der Waals surface area contributed by atoms with Gasteiger partial charge in [0.1, 0.15) is 0 Å². The molecule has 0 N–H and O–H groups in total. The second-order valence-electron chi connectivity index (χ2n) is 10.7. The number of hydrogen-bond acceptors (Lipinski definition) is 6. The number of carbonyl (C=O) groups excluding carboxylic acids is 2. The Balaban J connectivity index is 2.03. The maximum absolute atomic E-state index is 13.1. The summed E-state index contributed by atoms with van der Waals surface area (Å²) in [7, 11) is 0. The zero-order valence-electron chi connectivity index (χ0n) is 25.2. The number of hydrogen-bond donors (Lipinski definition) is 0. The van der Waals surface area contributed by atoms with E-state index in [0.29, 0.717) is 26.1 Å². The molecule has 40 heavy (non-hydrogen) atoms. The molecule has 0 saturated heterocycles. The fourth-order valence-electron chi connectivity index (χ4n) is 5.81. The van der Waals surface area contributed by atoms with E-state index < -0.39 is 23.5 Å². The zero-order valence-corrected chi connectivity index (χ0v) is 25.2. The average Bonchev–Trinajstić information content (AvgIpc) is 2.98. The van der Waals surface area contributed by atoms with Crippen LogP contribution in [0.15, 0.2) is 42.5 Å². The molecule has 0 amide bonds. The molecule has 0 spiro atoms. The normalized spacial score (nSPS) is 19.3. The summed E-state index contributed by atoms with van der Waals surface area (Å²) >= 11 is 0. The van der Waals surface area contributed by atoms with Gasteiger partial charge in [-0.3, -0.25) is 0 Å². The lowest BCUT2D eigenvalue weighted by molar-refractivity contribution is -0.0470. The smallest absolute Gasteiger partial charge is 0.434 e. The maximum Gasteiger partial charge on any atom is 0.509 e. The monoisotopic (exact) mass is 552 g/mol. The zero-order chi connectivity index (χ0) is 29.0. The van der Waals surface area contributed by atoms with Gasteiger partial charge in [-0.15, -0.1) is 0 Å². The topological polar surface area (TPSA) is 71.1 Å². The van der Waals surface area contributed by atoms with Gasteiger partial charge in [-0.25, -0.2) is 9.59 Å². The van der Waals surface area contributed by atoms with Crippen molar-refractivity contribution >= 4 is 12.3 Å². The Morgan fingerprint density at radius 1 is 0.600 bits per heavy atom. The van der Waals surface area contributed by atoms with E-state index in [0.717, 1.165) is 85.6 Å². The van der Waals surface area contributed by atoms with Crippen molar-refractivity contribution in [3.8, 4) is 0 Å². The van der Waals surface area contributed by atoms with Gasteiger partial charge in [0.15, 0.2) is 11.2 Å². The van der Waals surface area contributed by atoms with Crippen LogP contribution >= 0.6 is 0 Å². The highest BCUT2D eigenvalue weighted by molar-refractivity contribution is 5.68. The first kappa shape index (κ1) is 31.5. The van der Waals surface area contributed by atoms with E-state index in [1.165, 1.54) is 0 Å². The summed E-state index contributed by atoms with van der Waals surface area (Å²) in [5.41, 5.74) is 2.19. The van der Waals surface area contributed by atoms with E-state index in [-0.39, 0.29) is 0 Å². The maximum atomic E-state index is 13.1. The Hall–Kier alpha value is -3.02. The van der Waals surface area contributed by atoms with Gasteiger partial charge in [0.25, 0.3) is 0 Å². The summed E-state index contributed by atoms with van der Waals surface area (Å²) in [6.45, 7) is 11.1. The SMILES string of the molecule is CCCCCCOC(=O)OC1(CC)c2ccccc2C(CC)(OC(=O)OCCCCCC)c2cc(CC)ccc21. The van der Waals surface area contributed by atoms with Crippen molar-refractivity contribution in [1.29, 1.82) is 0 Å². The van der Waals surface area contributed by atoms with Gasteiger partial charge in [-0.2, -0.15) is 0 Å². The Kier molecular flexibility index (Phi) is 11.9. The minimum atomic E-state index is -1.08. The highest BCUT2D eigenvalue weighted by atomic mass is 16.7. The Morgan fingerprint density at radius 3 is 1.52 bits per heavy atom. The molecule has 1 aliphatic carbocycles. The van der Waals surface area contributed by atoms with Crippen LogP contribution in [0.1, 0.15) is 127 Å². The Labute approximate surface area is 240 Å². The molecule has 0 heterocycles. The minimum Gasteiger partial charge on any atom is -0.434 e. The lowest BCUT2D eigenvalue weighted by Gasteiger charge is -2.47. The van der Waals surface area contributed by atoms with Gasteiger partial charge in [-0.1, -0.05) is 116 Å². The molecule has 0 fully saturated rings. The molecule has 0 aromatic heterocycles. The van der Waals surface area contributed by atoms with E-state index >= 15 is 0 Å². The second kappa shape index (κ2) is 15.1. The number of unbranched alkanes of at least 4 members (excludes halogenated alkanes) is 6. The number of benzene rings is 2. The lowest BCUT2D eigenvalue weighted by Crippen LogP contribution is -2.47. The highest BCUT2D eigenvalue weighted by Gasteiger charge is 2.54. The van der Waals surface area contributed by atoms with Crippen LogP contribution in [0.5, 0.6) is 0 Å². The summed E-state index contributed by atoms with van der Waals surface area (Å²) in [5, 5.41) is 0. The quantitative estimate of drug-likeness (QED) is 0.162. The van der Waals surface area contributed by atoms with Gasteiger partial charge in [0.05, 0.1) is 13.2 Å². The van der Waals surface area contributed by atoms with E-state index in [1.54, 1.807) is 0 Å². The predicted molar refractivity (Wildman–Crippen MR) is 158 cm³/mol. The van der Waals surface area contributed by atoms with E-state index in [1.807, 2.05) is 44.2 Å². The molecule has 0 aliphatic heterocycles. The van der Waals surface area contributed by atoms with Crippen molar-refractivity contribution in [2.24, 2.45) is 0 Å². The molecule has 2 atom stereocenters. The molecule has 220 valence electrons. The van der Waals surface area contributed by atoms with E-state index in [4.69, 9.17) is 18.9 Å². The van der Waals surface area contributed by atoms with Gasteiger partial charge in [0, 0.05) is 22.3 Å². The van der Waals surface area contributed by atoms with Crippen LogP contribution in [0, 0.1) is 0 Å². The first-order valence-electron chi connectivity index (χ1n) is 15.4. The molecule has 6 heteroatoms. The van der Waals surface area contributed by atoms with Crippen LogP contribution in [-0.2, 0) is 36.6 Å². The Bertz CT molecular complexity index is 1110. The van der Waals surface area contributed by atoms with Crippen molar-refractivity contribution in [1.82, 2.24) is 0 Å². The fourth-order valence-corrected chi connectivity index (χ4v) is 5.81. The average molecular weight is 553 g/mol. The van der Waals surface area contributed by atoms with Crippen LogP contribution in [0.2, 0.25) is 0 Å². The summed E-state index contributed by atoms with van der Waals surface area (Å²) < 4.78 is 23.7. The van der Waals surface area contributed by atoms with E-state index in [2.05, 4.69) is 32.9 Å². The number of ether oxygens (including phenoxy) is 4. The number of rotatable bonds is 15. The van der Waals surface area contributed by atoms with E-state index in [9.17, 15) is 9.59 Å². The predicted octanol–water partition coefficient (Wildman–Crippen LogP) is 9.34. The van der Waals surface area contributed by atoms with Crippen LogP contribution in [0.3, 0.4) is 0 Å². The van der Waals surface area contributed by atoms with Crippen LogP contribution in [0.25, 0.3) is 0 Å². The lowest BCUT2D eigenvalue weighted by atomic mass is 9.65. The van der Waals surface area contributed by atoms with Crippen molar-refractivity contribution in [2.45, 2.75) is 116 Å². The van der Waals surface area contributed by atoms with Crippen LogP contribution in [0.4, 0.5) is 9.59 Å². The van der Waals surface area contributed by atoms with Gasteiger partial charge < -0.3 is 18.9 Å². The minimum absolute atomic E-state index is 0.327.